The zero-order chi connectivity index (χ0) is 25.5. The van der Waals surface area contributed by atoms with Crippen LogP contribution in [0, 0.1) is 0 Å². The van der Waals surface area contributed by atoms with Crippen LogP contribution in [0.4, 0.5) is 10.5 Å². The van der Waals surface area contributed by atoms with E-state index in [9.17, 15) is 18.0 Å². The van der Waals surface area contributed by atoms with Crippen molar-refractivity contribution in [1.82, 2.24) is 10.6 Å². The summed E-state index contributed by atoms with van der Waals surface area (Å²) in [5.41, 5.74) is 1.75. The topological polar surface area (TPSA) is 114 Å². The Labute approximate surface area is 205 Å². The largest absolute Gasteiger partial charge is 0.444 e. The van der Waals surface area contributed by atoms with E-state index in [1.165, 1.54) is 18.2 Å². The van der Waals surface area contributed by atoms with Gasteiger partial charge in [0.15, 0.2) is 0 Å². The smallest absolute Gasteiger partial charge is 0.407 e. The first-order chi connectivity index (χ1) is 16.5. The molecule has 3 N–H and O–H groups in total. The SMILES string of the molecule is CC(C)(C)OC(=O)NCc1cccc(CNC(=O)c2cccc(NS(=O)(=O)c3ccccc3)c2)c1. The number of ether oxygens (including phenoxy) is 1. The number of amides is 2. The number of hydrogen-bond donors (Lipinski definition) is 3. The van der Waals surface area contributed by atoms with E-state index in [1.54, 1.807) is 57.2 Å². The third-order valence-electron chi connectivity index (χ3n) is 4.71. The minimum atomic E-state index is -3.76. The van der Waals surface area contributed by atoms with Crippen LogP contribution in [0.5, 0.6) is 0 Å². The third-order valence-corrected chi connectivity index (χ3v) is 6.11. The van der Waals surface area contributed by atoms with Gasteiger partial charge in [0.1, 0.15) is 5.60 Å². The maximum atomic E-state index is 12.7. The standard InChI is InChI=1S/C26H29N3O5S/c1-26(2,3)34-25(31)28-18-20-10-7-9-19(15-20)17-27-24(30)21-11-8-12-22(16-21)29-35(32,33)23-13-5-4-6-14-23/h4-16,29H,17-18H2,1-3H3,(H,27,30)(H,28,31). The molecule has 184 valence electrons. The maximum absolute atomic E-state index is 12.7. The van der Waals surface area contributed by atoms with E-state index in [1.807, 2.05) is 24.3 Å². The van der Waals surface area contributed by atoms with Crippen molar-refractivity contribution in [2.45, 2.75) is 44.4 Å². The average molecular weight is 496 g/mol. The van der Waals surface area contributed by atoms with Crippen LogP contribution in [-0.2, 0) is 27.8 Å². The highest BCUT2D eigenvalue weighted by Crippen LogP contribution is 2.17. The molecule has 0 unspecified atom stereocenters. The van der Waals surface area contributed by atoms with Crippen LogP contribution in [0.2, 0.25) is 0 Å². The molecule has 3 rings (SSSR count). The van der Waals surface area contributed by atoms with Gasteiger partial charge in [-0.15, -0.1) is 0 Å². The lowest BCUT2D eigenvalue weighted by molar-refractivity contribution is 0.0523. The number of alkyl carbamates (subject to hydrolysis) is 1. The monoisotopic (exact) mass is 495 g/mol. The van der Waals surface area contributed by atoms with Gasteiger partial charge in [-0.3, -0.25) is 9.52 Å². The molecule has 0 aliphatic rings. The minimum absolute atomic E-state index is 0.135. The highest BCUT2D eigenvalue weighted by atomic mass is 32.2. The molecule has 0 bridgehead atoms. The van der Waals surface area contributed by atoms with Gasteiger partial charge in [-0.05, 0) is 62.2 Å². The zero-order valence-electron chi connectivity index (χ0n) is 19.9. The van der Waals surface area contributed by atoms with Gasteiger partial charge in [0.05, 0.1) is 4.90 Å². The number of carbonyl (C=O) groups is 2. The first-order valence-electron chi connectivity index (χ1n) is 11.0. The Hall–Kier alpha value is -3.85. The maximum Gasteiger partial charge on any atom is 0.407 e. The molecule has 35 heavy (non-hydrogen) atoms. The Morgan fingerprint density at radius 3 is 2.09 bits per heavy atom. The van der Waals surface area contributed by atoms with Gasteiger partial charge in [-0.2, -0.15) is 0 Å². The molecule has 0 aromatic heterocycles. The van der Waals surface area contributed by atoms with Crippen molar-refractivity contribution in [2.75, 3.05) is 4.72 Å². The highest BCUT2D eigenvalue weighted by Gasteiger charge is 2.16. The number of rotatable bonds is 8. The van der Waals surface area contributed by atoms with Gasteiger partial charge < -0.3 is 15.4 Å². The lowest BCUT2D eigenvalue weighted by Crippen LogP contribution is -2.32. The van der Waals surface area contributed by atoms with Crippen molar-refractivity contribution in [1.29, 1.82) is 0 Å². The molecule has 0 spiro atoms. The van der Waals surface area contributed by atoms with Gasteiger partial charge in [-0.1, -0.05) is 48.5 Å². The molecule has 3 aromatic carbocycles. The highest BCUT2D eigenvalue weighted by molar-refractivity contribution is 7.92. The second-order valence-corrected chi connectivity index (χ2v) is 10.5. The summed E-state index contributed by atoms with van der Waals surface area (Å²) in [6.07, 6.45) is -0.501. The van der Waals surface area contributed by atoms with E-state index in [-0.39, 0.29) is 23.0 Å². The van der Waals surface area contributed by atoms with Crippen LogP contribution in [-0.4, -0.2) is 26.0 Å². The molecule has 0 aliphatic carbocycles. The van der Waals surface area contributed by atoms with Crippen LogP contribution in [0.25, 0.3) is 0 Å². The Morgan fingerprint density at radius 2 is 1.43 bits per heavy atom. The quantitative estimate of drug-likeness (QED) is 0.428. The fraction of sp³-hybridized carbons (Fsp3) is 0.231. The van der Waals surface area contributed by atoms with E-state index in [2.05, 4.69) is 15.4 Å². The average Bonchev–Trinajstić information content (AvgIpc) is 2.81. The van der Waals surface area contributed by atoms with E-state index in [4.69, 9.17) is 4.74 Å². The fourth-order valence-electron chi connectivity index (χ4n) is 3.16. The van der Waals surface area contributed by atoms with Gasteiger partial charge in [-0.25, -0.2) is 13.2 Å². The van der Waals surface area contributed by atoms with Gasteiger partial charge in [0.25, 0.3) is 15.9 Å². The van der Waals surface area contributed by atoms with Crippen molar-refractivity contribution in [2.24, 2.45) is 0 Å². The first kappa shape index (κ1) is 25.8. The van der Waals surface area contributed by atoms with Crippen LogP contribution in [0.1, 0.15) is 42.3 Å². The first-order valence-corrected chi connectivity index (χ1v) is 12.5. The molecule has 0 atom stereocenters. The summed E-state index contributed by atoms with van der Waals surface area (Å²) < 4.78 is 32.8. The van der Waals surface area contributed by atoms with Crippen LogP contribution in [0.15, 0.2) is 83.8 Å². The van der Waals surface area contributed by atoms with E-state index >= 15 is 0 Å². The fourth-order valence-corrected chi connectivity index (χ4v) is 4.23. The molecule has 0 heterocycles. The Kier molecular flexibility index (Phi) is 8.14. The molecular formula is C26H29N3O5S. The number of nitrogens with one attached hydrogen (secondary N) is 3. The summed E-state index contributed by atoms with van der Waals surface area (Å²) in [7, 11) is -3.76. The van der Waals surface area contributed by atoms with Gasteiger partial charge in [0, 0.05) is 24.3 Å². The molecule has 0 aliphatic heterocycles. The number of benzene rings is 3. The van der Waals surface area contributed by atoms with Crippen LogP contribution < -0.4 is 15.4 Å². The van der Waals surface area contributed by atoms with E-state index in [0.29, 0.717) is 12.1 Å². The second kappa shape index (κ2) is 11.1. The van der Waals surface area contributed by atoms with Crippen LogP contribution >= 0.6 is 0 Å². The van der Waals surface area contributed by atoms with Crippen molar-refractivity contribution in [3.05, 3.63) is 95.6 Å². The molecule has 0 saturated carbocycles. The lowest BCUT2D eigenvalue weighted by Gasteiger charge is -2.19. The predicted molar refractivity (Wildman–Crippen MR) is 134 cm³/mol. The Balaban J connectivity index is 1.58. The van der Waals surface area contributed by atoms with Crippen molar-refractivity contribution < 1.29 is 22.7 Å². The molecular weight excluding hydrogens is 466 g/mol. The van der Waals surface area contributed by atoms with Crippen molar-refractivity contribution in [3.63, 3.8) is 0 Å². The van der Waals surface area contributed by atoms with Gasteiger partial charge in [0.2, 0.25) is 0 Å². The third kappa shape index (κ3) is 8.15. The summed E-state index contributed by atoms with van der Waals surface area (Å²) in [6.45, 7) is 5.94. The van der Waals surface area contributed by atoms with E-state index in [0.717, 1.165) is 11.1 Å². The molecule has 8 nitrogen and oxygen atoms in total. The normalized spacial score (nSPS) is 11.4. The number of sulfonamides is 1. The molecule has 2 amide bonds. The van der Waals surface area contributed by atoms with Crippen molar-refractivity contribution in [3.8, 4) is 0 Å². The summed E-state index contributed by atoms with van der Waals surface area (Å²) in [5.74, 6) is -0.344. The molecule has 9 heteroatoms. The number of carbonyl (C=O) groups excluding carboxylic acids is 2. The molecule has 0 fully saturated rings. The summed E-state index contributed by atoms with van der Waals surface area (Å²) in [6, 6.07) is 21.7. The summed E-state index contributed by atoms with van der Waals surface area (Å²) >= 11 is 0. The van der Waals surface area contributed by atoms with E-state index < -0.39 is 21.7 Å². The van der Waals surface area contributed by atoms with Crippen molar-refractivity contribution >= 4 is 27.7 Å². The Morgan fingerprint density at radius 1 is 0.800 bits per heavy atom. The number of anilines is 1. The molecule has 3 aromatic rings. The minimum Gasteiger partial charge on any atom is -0.444 e. The van der Waals surface area contributed by atoms with Gasteiger partial charge >= 0.3 is 6.09 Å². The predicted octanol–water partition coefficient (Wildman–Crippen LogP) is 4.44. The second-order valence-electron chi connectivity index (χ2n) is 8.86. The lowest BCUT2D eigenvalue weighted by atomic mass is 10.1. The van der Waals surface area contributed by atoms with Crippen LogP contribution in [0.3, 0.4) is 0 Å². The Bertz CT molecular complexity index is 1290. The zero-order valence-corrected chi connectivity index (χ0v) is 20.7. The summed E-state index contributed by atoms with van der Waals surface area (Å²) in [5, 5.41) is 5.54. The summed E-state index contributed by atoms with van der Waals surface area (Å²) in [4.78, 5) is 24.7. The molecule has 0 saturated heterocycles. The molecule has 0 radical (unpaired) electrons. The number of hydrogen-bond acceptors (Lipinski definition) is 5.